The molecular formula is C14H19N3O2. The molecule has 0 saturated heterocycles. The summed E-state index contributed by atoms with van der Waals surface area (Å²) in [6.07, 6.45) is 0. The zero-order valence-corrected chi connectivity index (χ0v) is 11.7. The lowest BCUT2D eigenvalue weighted by molar-refractivity contribution is 0.0467. The van der Waals surface area contributed by atoms with Gasteiger partial charge in [0.15, 0.2) is 0 Å². The number of anilines is 1. The Hall–Kier alpha value is -1.88. The van der Waals surface area contributed by atoms with Gasteiger partial charge in [-0.15, -0.1) is 0 Å². The molecule has 2 heterocycles. The minimum atomic E-state index is -1.08. The Morgan fingerprint density at radius 2 is 2.00 bits per heavy atom. The van der Waals surface area contributed by atoms with Crippen LogP contribution in [0.3, 0.4) is 0 Å². The third kappa shape index (κ3) is 3.32. The zero-order chi connectivity index (χ0) is 14.0. The summed E-state index contributed by atoms with van der Waals surface area (Å²) in [4.78, 5) is 8.48. The molecule has 1 unspecified atom stereocenters. The normalized spacial score (nSPS) is 14.2. The molecule has 0 aliphatic rings. The molecule has 1 atom stereocenters. The standard InChI is InChI=1S/C14H19N3O2/c1-9-7-13(17-11(3)16-9)15-8-14(4,18)12-6-5-10(2)19-12/h5-7,18H,8H2,1-4H3,(H,15,16,17). The topological polar surface area (TPSA) is 71.2 Å². The van der Waals surface area contributed by atoms with Crippen LogP contribution in [0.2, 0.25) is 0 Å². The van der Waals surface area contributed by atoms with Crippen LogP contribution in [-0.2, 0) is 5.60 Å². The predicted octanol–water partition coefficient (Wildman–Crippen LogP) is 2.31. The van der Waals surface area contributed by atoms with Gasteiger partial charge in [-0.2, -0.15) is 0 Å². The molecule has 0 aromatic carbocycles. The largest absolute Gasteiger partial charge is 0.463 e. The van der Waals surface area contributed by atoms with Crippen molar-refractivity contribution in [1.29, 1.82) is 0 Å². The molecule has 2 aromatic heterocycles. The van der Waals surface area contributed by atoms with Gasteiger partial charge in [-0.25, -0.2) is 9.97 Å². The summed E-state index contributed by atoms with van der Waals surface area (Å²) in [5.41, 5.74) is -0.190. The highest BCUT2D eigenvalue weighted by molar-refractivity contribution is 5.36. The third-order valence-corrected chi connectivity index (χ3v) is 2.85. The molecule has 0 aliphatic carbocycles. The van der Waals surface area contributed by atoms with Crippen molar-refractivity contribution >= 4 is 5.82 Å². The van der Waals surface area contributed by atoms with Gasteiger partial charge in [-0.1, -0.05) is 0 Å². The van der Waals surface area contributed by atoms with Crippen LogP contribution in [0.4, 0.5) is 5.82 Å². The number of nitrogens with one attached hydrogen (secondary N) is 1. The maximum Gasteiger partial charge on any atom is 0.137 e. The summed E-state index contributed by atoms with van der Waals surface area (Å²) >= 11 is 0. The van der Waals surface area contributed by atoms with Gasteiger partial charge in [0, 0.05) is 11.8 Å². The third-order valence-electron chi connectivity index (χ3n) is 2.85. The van der Waals surface area contributed by atoms with Gasteiger partial charge in [-0.3, -0.25) is 0 Å². The van der Waals surface area contributed by atoms with E-state index in [-0.39, 0.29) is 0 Å². The summed E-state index contributed by atoms with van der Waals surface area (Å²) in [7, 11) is 0. The fourth-order valence-corrected chi connectivity index (χ4v) is 1.88. The Morgan fingerprint density at radius 3 is 2.58 bits per heavy atom. The predicted molar refractivity (Wildman–Crippen MR) is 73.0 cm³/mol. The highest BCUT2D eigenvalue weighted by atomic mass is 16.4. The molecule has 2 N–H and O–H groups in total. The molecule has 0 spiro atoms. The molecule has 19 heavy (non-hydrogen) atoms. The summed E-state index contributed by atoms with van der Waals surface area (Å²) in [5.74, 6) is 2.73. The highest BCUT2D eigenvalue weighted by Gasteiger charge is 2.26. The molecule has 0 fully saturated rings. The number of aliphatic hydroxyl groups is 1. The van der Waals surface area contributed by atoms with Gasteiger partial charge >= 0.3 is 0 Å². The summed E-state index contributed by atoms with van der Waals surface area (Å²) < 4.78 is 5.46. The average Bonchev–Trinajstić information content (AvgIpc) is 2.73. The van der Waals surface area contributed by atoms with E-state index >= 15 is 0 Å². The van der Waals surface area contributed by atoms with Crippen LogP contribution in [0.15, 0.2) is 22.6 Å². The Balaban J connectivity index is 2.09. The number of nitrogens with zero attached hydrogens (tertiary/aromatic N) is 2. The van der Waals surface area contributed by atoms with Gasteiger partial charge in [0.1, 0.15) is 28.8 Å². The fraction of sp³-hybridized carbons (Fsp3) is 0.429. The van der Waals surface area contributed by atoms with E-state index in [1.165, 1.54) is 0 Å². The van der Waals surface area contributed by atoms with Gasteiger partial charge in [0.2, 0.25) is 0 Å². The van der Waals surface area contributed by atoms with Gasteiger partial charge in [-0.05, 0) is 39.8 Å². The summed E-state index contributed by atoms with van der Waals surface area (Å²) in [6.45, 7) is 7.62. The number of hydrogen-bond donors (Lipinski definition) is 2. The second-order valence-electron chi connectivity index (χ2n) is 4.98. The molecule has 0 saturated carbocycles. The average molecular weight is 261 g/mol. The van der Waals surface area contributed by atoms with Gasteiger partial charge in [0.25, 0.3) is 0 Å². The fourth-order valence-electron chi connectivity index (χ4n) is 1.88. The van der Waals surface area contributed by atoms with Gasteiger partial charge < -0.3 is 14.8 Å². The first-order valence-electron chi connectivity index (χ1n) is 6.22. The highest BCUT2D eigenvalue weighted by Crippen LogP contribution is 2.23. The molecule has 5 nitrogen and oxygen atoms in total. The summed E-state index contributed by atoms with van der Waals surface area (Å²) in [6, 6.07) is 5.47. The van der Waals surface area contributed by atoms with E-state index in [9.17, 15) is 5.11 Å². The lowest BCUT2D eigenvalue weighted by Gasteiger charge is -2.21. The first-order chi connectivity index (χ1) is 8.87. The molecule has 0 bridgehead atoms. The van der Waals surface area contributed by atoms with Crippen LogP contribution >= 0.6 is 0 Å². The van der Waals surface area contributed by atoms with E-state index in [2.05, 4.69) is 15.3 Å². The minimum absolute atomic E-state index is 0.315. The minimum Gasteiger partial charge on any atom is -0.463 e. The van der Waals surface area contributed by atoms with E-state index in [1.807, 2.05) is 32.9 Å². The Kier molecular flexibility index (Phi) is 3.57. The second kappa shape index (κ2) is 5.01. The number of hydrogen-bond acceptors (Lipinski definition) is 5. The van der Waals surface area contributed by atoms with Crippen molar-refractivity contribution in [2.45, 2.75) is 33.3 Å². The molecule has 5 heteroatoms. The van der Waals surface area contributed by atoms with Gasteiger partial charge in [0.05, 0.1) is 6.54 Å². The van der Waals surface area contributed by atoms with Crippen LogP contribution in [0.5, 0.6) is 0 Å². The van der Waals surface area contributed by atoms with E-state index in [0.29, 0.717) is 23.9 Å². The van der Waals surface area contributed by atoms with Crippen molar-refractivity contribution in [3.05, 3.63) is 41.2 Å². The van der Waals surface area contributed by atoms with Crippen molar-refractivity contribution in [2.75, 3.05) is 11.9 Å². The van der Waals surface area contributed by atoms with E-state index < -0.39 is 5.60 Å². The smallest absolute Gasteiger partial charge is 0.137 e. The van der Waals surface area contributed by atoms with E-state index in [4.69, 9.17) is 4.42 Å². The molecule has 102 valence electrons. The molecule has 0 aliphatic heterocycles. The summed E-state index contributed by atoms with van der Waals surface area (Å²) in [5, 5.41) is 13.5. The van der Waals surface area contributed by atoms with Crippen LogP contribution in [-0.4, -0.2) is 21.6 Å². The molecule has 2 aromatic rings. The van der Waals surface area contributed by atoms with Crippen LogP contribution < -0.4 is 5.32 Å². The number of aryl methyl sites for hydroxylation is 3. The zero-order valence-electron chi connectivity index (χ0n) is 11.7. The van der Waals surface area contributed by atoms with Crippen LogP contribution in [0, 0.1) is 20.8 Å². The number of rotatable bonds is 4. The van der Waals surface area contributed by atoms with Crippen molar-refractivity contribution in [2.24, 2.45) is 0 Å². The van der Waals surface area contributed by atoms with Crippen molar-refractivity contribution in [3.8, 4) is 0 Å². The Labute approximate surface area is 112 Å². The molecule has 2 rings (SSSR count). The maximum atomic E-state index is 10.4. The Morgan fingerprint density at radius 1 is 1.26 bits per heavy atom. The van der Waals surface area contributed by atoms with E-state index in [0.717, 1.165) is 11.5 Å². The monoisotopic (exact) mass is 261 g/mol. The van der Waals surface area contributed by atoms with E-state index in [1.54, 1.807) is 13.0 Å². The molecule has 0 amide bonds. The molecular weight excluding hydrogens is 242 g/mol. The SMILES string of the molecule is Cc1cc(NCC(C)(O)c2ccc(C)o2)nc(C)n1. The second-order valence-corrected chi connectivity index (χ2v) is 4.98. The van der Waals surface area contributed by atoms with Crippen LogP contribution in [0.1, 0.15) is 30.0 Å². The Bertz CT molecular complexity index is 556. The quantitative estimate of drug-likeness (QED) is 0.883. The molecule has 0 radical (unpaired) electrons. The number of aromatic nitrogens is 2. The maximum absolute atomic E-state index is 10.4. The lowest BCUT2D eigenvalue weighted by Crippen LogP contribution is -2.30. The lowest BCUT2D eigenvalue weighted by atomic mass is 10.0. The van der Waals surface area contributed by atoms with Crippen molar-refractivity contribution < 1.29 is 9.52 Å². The van der Waals surface area contributed by atoms with Crippen molar-refractivity contribution in [3.63, 3.8) is 0 Å². The van der Waals surface area contributed by atoms with Crippen LogP contribution in [0.25, 0.3) is 0 Å². The first kappa shape index (κ1) is 13.5. The number of furan rings is 1. The first-order valence-corrected chi connectivity index (χ1v) is 6.22. The van der Waals surface area contributed by atoms with Crippen molar-refractivity contribution in [1.82, 2.24) is 9.97 Å².